The minimum atomic E-state index is -1.70. The van der Waals surface area contributed by atoms with Gasteiger partial charge in [-0.3, -0.25) is 57.7 Å². The van der Waals surface area contributed by atoms with Crippen molar-refractivity contribution in [3.63, 3.8) is 0 Å². The number of rotatable bonds is 35. The molecule has 7 rings (SSSR count). The first-order valence-corrected chi connectivity index (χ1v) is 33.8. The number of thiazole rings is 1. The van der Waals surface area contributed by atoms with E-state index >= 15 is 4.79 Å². The van der Waals surface area contributed by atoms with Crippen LogP contribution in [0.4, 0.5) is 0 Å². The molecule has 14 atom stereocenters. The van der Waals surface area contributed by atoms with E-state index in [2.05, 4.69) is 5.32 Å². The number of aromatic nitrogens is 1. The summed E-state index contributed by atoms with van der Waals surface area (Å²) < 4.78 is 17.3. The predicted octanol–water partition coefficient (Wildman–Crippen LogP) is 2.23. The topological polar surface area (TPSA) is 349 Å². The molecule has 4 aliphatic heterocycles. The summed E-state index contributed by atoms with van der Waals surface area (Å²) in [6, 6.07) is 12.2. The van der Waals surface area contributed by atoms with Crippen molar-refractivity contribution in [1.29, 1.82) is 0 Å². The number of piperazine rings is 1. The smallest absolute Gasteiger partial charge is 0.303 e. The number of amides is 7. The number of imide groups is 1. The second-order valence-corrected chi connectivity index (χ2v) is 26.6. The summed E-state index contributed by atoms with van der Waals surface area (Å²) >= 11 is 1.05. The Morgan fingerprint density at radius 2 is 1.47 bits per heavy atom. The van der Waals surface area contributed by atoms with Crippen LogP contribution in [0, 0.1) is 23.7 Å². The molecule has 0 aliphatic carbocycles. The van der Waals surface area contributed by atoms with Gasteiger partial charge in [0.15, 0.2) is 17.7 Å². The van der Waals surface area contributed by atoms with Gasteiger partial charge in [0.05, 0.1) is 18.7 Å². The molecule has 26 nitrogen and oxygen atoms in total. The Balaban J connectivity index is 1.13. The monoisotopic (exact) mass is 1340 g/mol. The van der Waals surface area contributed by atoms with E-state index in [1.54, 1.807) is 33.9 Å². The second kappa shape index (κ2) is 35.0. The Hall–Kier alpha value is -7.37. The van der Waals surface area contributed by atoms with Crippen molar-refractivity contribution < 1.29 is 82.6 Å². The number of ketones is 2. The molecule has 0 saturated carbocycles. The molecule has 0 spiro atoms. The number of carbonyl (C=O) groups is 10. The van der Waals surface area contributed by atoms with Crippen molar-refractivity contribution in [3.05, 3.63) is 94.0 Å². The molecule has 5 heterocycles. The highest BCUT2D eigenvalue weighted by molar-refractivity contribution is 7.09. The third-order valence-corrected chi connectivity index (χ3v) is 19.6. The van der Waals surface area contributed by atoms with E-state index < -0.39 is 121 Å². The first kappa shape index (κ1) is 75.0. The highest BCUT2D eigenvalue weighted by Gasteiger charge is 2.46. The van der Waals surface area contributed by atoms with Crippen molar-refractivity contribution in [3.8, 4) is 5.75 Å². The number of hydrogen-bond donors (Lipinski definition) is 6. The van der Waals surface area contributed by atoms with Crippen LogP contribution in [-0.2, 0) is 65.5 Å². The van der Waals surface area contributed by atoms with Crippen LogP contribution in [0.1, 0.15) is 125 Å². The number of likely N-dealkylation sites (N-methyl/N-ethyl adjacent to an activating group) is 2. The normalized spacial score (nSPS) is 22.5. The molecule has 4 aliphatic rings. The average Bonchev–Trinajstić information content (AvgIpc) is 1.73. The predicted molar refractivity (Wildman–Crippen MR) is 348 cm³/mol. The largest absolute Gasteiger partial charge is 0.462 e. The molecule has 1 aromatic heterocycles. The van der Waals surface area contributed by atoms with Gasteiger partial charge in [-0.25, -0.2) is 4.98 Å². The second-order valence-electron chi connectivity index (χ2n) is 25.8. The molecule has 0 radical (unpaired) electrons. The van der Waals surface area contributed by atoms with E-state index in [0.29, 0.717) is 31.4 Å². The number of nitrogens with two attached hydrogens (primary N) is 1. The average molecular weight is 1340 g/mol. The third kappa shape index (κ3) is 20.1. The number of unbranched alkanes of at least 4 members (excludes halogenated alkanes) is 1. The number of benzene rings is 2. The molecular weight excluding hydrogens is 1250 g/mol. The van der Waals surface area contributed by atoms with Crippen molar-refractivity contribution in [2.24, 2.45) is 29.4 Å². The van der Waals surface area contributed by atoms with E-state index in [1.165, 1.54) is 48.5 Å². The number of nitrogens with one attached hydrogen (secondary N) is 1. The molecule has 0 bridgehead atoms. The molecule has 8 unspecified atom stereocenters. The summed E-state index contributed by atoms with van der Waals surface area (Å²) in [6.07, 6.45) is -4.53. The lowest BCUT2D eigenvalue weighted by atomic mass is 9.84. The number of ether oxygens (including phenoxy) is 3. The molecule has 3 aromatic rings. The van der Waals surface area contributed by atoms with Gasteiger partial charge >= 0.3 is 5.97 Å². The zero-order valence-corrected chi connectivity index (χ0v) is 56.5. The fraction of sp³-hybridized carbons (Fsp3) is 0.603. The van der Waals surface area contributed by atoms with Gasteiger partial charge in [-0.05, 0) is 74.4 Å². The first-order chi connectivity index (χ1) is 45.2. The summed E-state index contributed by atoms with van der Waals surface area (Å²) in [6.45, 7) is 10.1. The Bertz CT molecular complexity index is 3160. The number of aliphatic hydroxyl groups excluding tert-OH is 4. The maximum Gasteiger partial charge on any atom is 0.303 e. The molecule has 2 aromatic carbocycles. The number of carbonyl (C=O) groups excluding carboxylic acids is 10. The van der Waals surface area contributed by atoms with Crippen LogP contribution in [0.2, 0.25) is 0 Å². The van der Waals surface area contributed by atoms with Crippen LogP contribution in [-0.4, -0.2) is 242 Å². The number of esters is 1. The lowest BCUT2D eigenvalue weighted by Gasteiger charge is -2.39. The number of nitrogens with zero attached hydrogens (tertiary/aromatic N) is 7. The Kier molecular flexibility index (Phi) is 27.7. The third-order valence-electron chi connectivity index (χ3n) is 18.6. The van der Waals surface area contributed by atoms with Gasteiger partial charge in [-0.2, -0.15) is 0 Å². The quantitative estimate of drug-likeness (QED) is 0.0213. The summed E-state index contributed by atoms with van der Waals surface area (Å²) in [7, 11) is 4.98. The Labute approximate surface area is 559 Å². The minimum absolute atomic E-state index is 0.0105. The van der Waals surface area contributed by atoms with Crippen LogP contribution in [0.25, 0.3) is 0 Å². The lowest BCUT2D eigenvalue weighted by molar-refractivity contribution is -0.277. The van der Waals surface area contributed by atoms with Crippen LogP contribution in [0.5, 0.6) is 5.75 Å². The minimum Gasteiger partial charge on any atom is -0.462 e. The summed E-state index contributed by atoms with van der Waals surface area (Å²) in [5.41, 5.74) is 7.11. The van der Waals surface area contributed by atoms with Crippen molar-refractivity contribution >= 4 is 70.2 Å². The number of hydrogen-bond acceptors (Lipinski definition) is 21. The van der Waals surface area contributed by atoms with Gasteiger partial charge < -0.3 is 65.3 Å². The van der Waals surface area contributed by atoms with Crippen molar-refractivity contribution in [2.45, 2.75) is 166 Å². The summed E-state index contributed by atoms with van der Waals surface area (Å²) in [5.74, 6) is -5.86. The standard InChI is InChI=1S/C68H95N9O17S/c1-9-41(4)47(35-54(81)52-37-72(52)6)65(89)73(7)50(40(2)3)36-55(92-42(5)79)64-71-49(39-95-64)66(90)74(8)51(33-44-20-22-46(23-21-44)93-68-62(87)61(86)60(85)56(38-78)94-68)53(80)34-45(18-13-14-26-69)63(88)70-48(32-43-16-11-10-12-17-43)67(91)76-30-28-75(29-31-76)57(82)19-15-27-77-58(83)24-25-59(77)84/h10-12,16-17,20-25,39-41,45,47-48,50-52,55-56,60-62,68,78,85-87H,9,13-15,18-19,26-38,69H2,1-8H3,(H,70,88)/t41-,45-,47?,48-,50+,51-,52?,55+,56?,60?,61?,62?,68?,72?/m0/s1. The van der Waals surface area contributed by atoms with E-state index in [9.17, 15) is 63.6 Å². The summed E-state index contributed by atoms with van der Waals surface area (Å²) in [4.78, 5) is 152. The molecule has 520 valence electrons. The fourth-order valence-electron chi connectivity index (χ4n) is 12.4. The van der Waals surface area contributed by atoms with Crippen molar-refractivity contribution in [2.75, 3.05) is 73.6 Å². The maximum absolute atomic E-state index is 15.3. The van der Waals surface area contributed by atoms with Crippen LogP contribution >= 0.6 is 11.3 Å². The highest BCUT2D eigenvalue weighted by atomic mass is 32.1. The molecular formula is C68H95N9O17S. The Morgan fingerprint density at radius 3 is 2.07 bits per heavy atom. The van der Waals surface area contributed by atoms with E-state index in [1.807, 2.05) is 70.0 Å². The van der Waals surface area contributed by atoms with Gasteiger partial charge in [0.25, 0.3) is 17.7 Å². The fourth-order valence-corrected chi connectivity index (χ4v) is 13.2. The van der Waals surface area contributed by atoms with Gasteiger partial charge in [-0.15, -0.1) is 11.3 Å². The molecule has 27 heteroatoms. The molecule has 7 N–H and O–H groups in total. The molecule has 7 amide bonds. The lowest BCUT2D eigenvalue weighted by Crippen LogP contribution is -2.60. The first-order valence-electron chi connectivity index (χ1n) is 32.9. The SMILES string of the molecule is CC[C@H](C)C(CC(=O)C1CN1C)C(=O)N(C)[C@H](C[C@@H](OC(C)=O)c1nc(C(=O)N(C)[C@@H](Cc2ccc(OC3OC(CO)C(O)C(O)C3O)cc2)C(=O)C[C@H](CCCCN)C(=O)N[C@@H](Cc2ccccc2)C(=O)N2CCN(C(=O)CCCN3C(=O)C=CC3=O)CC2)cs1)C(C)C. The van der Waals surface area contributed by atoms with Gasteiger partial charge in [0.2, 0.25) is 29.9 Å². The van der Waals surface area contributed by atoms with Crippen LogP contribution < -0.4 is 15.8 Å². The Morgan fingerprint density at radius 1 is 0.832 bits per heavy atom. The van der Waals surface area contributed by atoms with E-state index in [-0.39, 0.29) is 136 Å². The summed E-state index contributed by atoms with van der Waals surface area (Å²) in [5, 5.41) is 45.9. The van der Waals surface area contributed by atoms with E-state index in [0.717, 1.165) is 21.8 Å². The highest BCUT2D eigenvalue weighted by Crippen LogP contribution is 2.34. The van der Waals surface area contributed by atoms with Gasteiger partial charge in [0, 0.05) is 128 Å². The van der Waals surface area contributed by atoms with Crippen molar-refractivity contribution in [1.82, 2.24) is 39.7 Å². The number of Topliss-reactive ketones (excluding diaryl/α,β-unsaturated/α-hetero) is 2. The maximum atomic E-state index is 15.3. The van der Waals surface area contributed by atoms with Gasteiger partial charge in [0.1, 0.15) is 46.9 Å². The zero-order chi connectivity index (χ0) is 69.4. The van der Waals surface area contributed by atoms with Crippen LogP contribution in [0.3, 0.4) is 0 Å². The number of aliphatic hydroxyl groups is 4. The van der Waals surface area contributed by atoms with Crippen LogP contribution in [0.15, 0.2) is 72.1 Å². The molecule has 3 fully saturated rings. The molecule has 3 saturated heterocycles. The van der Waals surface area contributed by atoms with Gasteiger partial charge in [-0.1, -0.05) is 83.0 Å². The molecule has 95 heavy (non-hydrogen) atoms. The van der Waals surface area contributed by atoms with E-state index in [4.69, 9.17) is 24.9 Å². The zero-order valence-electron chi connectivity index (χ0n) is 55.7.